The highest BCUT2D eigenvalue weighted by Gasteiger charge is 2.11. The van der Waals surface area contributed by atoms with E-state index in [1.165, 1.54) is 6.07 Å². The standard InChI is InChI=1S/C15H13NO3/c1-10-13(6-3-7-14(10)18)15(19)16-12-5-2-4-11(8-12)9-17/h2-9,18H,1H3,(H,16,19). The molecule has 0 aromatic heterocycles. The van der Waals surface area contributed by atoms with Crippen LogP contribution in [0.15, 0.2) is 42.5 Å². The molecule has 0 fully saturated rings. The molecule has 0 unspecified atom stereocenters. The van der Waals surface area contributed by atoms with Gasteiger partial charge in [-0.2, -0.15) is 0 Å². The van der Waals surface area contributed by atoms with Crippen molar-refractivity contribution in [3.63, 3.8) is 0 Å². The number of aromatic hydroxyl groups is 1. The first-order chi connectivity index (χ1) is 9.11. The summed E-state index contributed by atoms with van der Waals surface area (Å²) in [5.41, 5.74) is 1.95. The number of rotatable bonds is 3. The number of amides is 1. The van der Waals surface area contributed by atoms with E-state index >= 15 is 0 Å². The molecule has 0 aliphatic heterocycles. The maximum absolute atomic E-state index is 12.1. The number of carbonyl (C=O) groups excluding carboxylic acids is 2. The van der Waals surface area contributed by atoms with Gasteiger partial charge in [-0.05, 0) is 31.2 Å². The van der Waals surface area contributed by atoms with Crippen molar-refractivity contribution in [1.82, 2.24) is 0 Å². The number of aldehydes is 1. The van der Waals surface area contributed by atoms with Gasteiger partial charge in [-0.1, -0.05) is 18.2 Å². The molecule has 0 bridgehead atoms. The number of carbonyl (C=O) groups is 2. The fourth-order valence-electron chi connectivity index (χ4n) is 1.76. The molecule has 4 heteroatoms. The van der Waals surface area contributed by atoms with Gasteiger partial charge in [0.05, 0.1) is 0 Å². The second-order valence-corrected chi connectivity index (χ2v) is 4.15. The van der Waals surface area contributed by atoms with Crippen LogP contribution in [-0.4, -0.2) is 17.3 Å². The van der Waals surface area contributed by atoms with E-state index < -0.39 is 0 Å². The van der Waals surface area contributed by atoms with Gasteiger partial charge in [-0.15, -0.1) is 0 Å². The lowest BCUT2D eigenvalue weighted by Gasteiger charge is -2.09. The van der Waals surface area contributed by atoms with E-state index in [0.29, 0.717) is 22.4 Å². The van der Waals surface area contributed by atoms with Gasteiger partial charge >= 0.3 is 0 Å². The minimum atomic E-state index is -0.323. The van der Waals surface area contributed by atoms with Crippen molar-refractivity contribution in [3.05, 3.63) is 59.2 Å². The van der Waals surface area contributed by atoms with Crippen LogP contribution in [0.5, 0.6) is 5.75 Å². The van der Waals surface area contributed by atoms with Crippen LogP contribution in [0.25, 0.3) is 0 Å². The molecule has 0 spiro atoms. The average molecular weight is 255 g/mol. The van der Waals surface area contributed by atoms with Gasteiger partial charge in [-0.3, -0.25) is 9.59 Å². The molecule has 2 rings (SSSR count). The number of nitrogens with one attached hydrogen (secondary N) is 1. The van der Waals surface area contributed by atoms with Crippen molar-refractivity contribution in [2.45, 2.75) is 6.92 Å². The zero-order valence-corrected chi connectivity index (χ0v) is 10.4. The zero-order valence-electron chi connectivity index (χ0n) is 10.4. The van der Waals surface area contributed by atoms with Gasteiger partial charge in [0.2, 0.25) is 0 Å². The lowest BCUT2D eigenvalue weighted by atomic mass is 10.1. The molecule has 0 heterocycles. The molecule has 0 radical (unpaired) electrons. The normalized spacial score (nSPS) is 9.95. The Kier molecular flexibility index (Phi) is 3.61. The monoisotopic (exact) mass is 255 g/mol. The molecule has 0 aliphatic carbocycles. The molecule has 0 saturated heterocycles. The number of benzene rings is 2. The lowest BCUT2D eigenvalue weighted by molar-refractivity contribution is 0.102. The fraction of sp³-hybridized carbons (Fsp3) is 0.0667. The molecule has 2 N–H and O–H groups in total. The van der Waals surface area contributed by atoms with E-state index in [1.54, 1.807) is 43.3 Å². The molecule has 0 atom stereocenters. The molecular formula is C15H13NO3. The van der Waals surface area contributed by atoms with Crippen molar-refractivity contribution >= 4 is 17.9 Å². The van der Waals surface area contributed by atoms with Gasteiger partial charge in [0.25, 0.3) is 5.91 Å². The Bertz CT molecular complexity index is 635. The number of anilines is 1. The largest absolute Gasteiger partial charge is 0.508 e. The van der Waals surface area contributed by atoms with E-state index in [0.717, 1.165) is 6.29 Å². The Morgan fingerprint density at radius 3 is 2.68 bits per heavy atom. The van der Waals surface area contributed by atoms with Crippen LogP contribution in [0, 0.1) is 6.92 Å². The lowest BCUT2D eigenvalue weighted by Crippen LogP contribution is -2.13. The van der Waals surface area contributed by atoms with Gasteiger partial charge < -0.3 is 10.4 Å². The highest BCUT2D eigenvalue weighted by molar-refractivity contribution is 6.05. The first-order valence-electron chi connectivity index (χ1n) is 5.77. The summed E-state index contributed by atoms with van der Waals surface area (Å²) in [7, 11) is 0. The van der Waals surface area contributed by atoms with Gasteiger partial charge in [0.1, 0.15) is 12.0 Å². The second kappa shape index (κ2) is 5.35. The number of phenols is 1. The summed E-state index contributed by atoms with van der Waals surface area (Å²) in [6.07, 6.45) is 0.718. The van der Waals surface area contributed by atoms with Crippen LogP contribution < -0.4 is 5.32 Å². The van der Waals surface area contributed by atoms with E-state index in [9.17, 15) is 14.7 Å². The molecule has 4 nitrogen and oxygen atoms in total. The van der Waals surface area contributed by atoms with Crippen molar-refractivity contribution in [2.24, 2.45) is 0 Å². The molecule has 2 aromatic carbocycles. The van der Waals surface area contributed by atoms with Crippen LogP contribution in [0.2, 0.25) is 0 Å². The Labute approximate surface area is 110 Å². The summed E-state index contributed by atoms with van der Waals surface area (Å²) in [4.78, 5) is 22.7. The molecule has 96 valence electrons. The van der Waals surface area contributed by atoms with Crippen LogP contribution in [0.1, 0.15) is 26.3 Å². The van der Waals surface area contributed by atoms with Crippen molar-refractivity contribution in [2.75, 3.05) is 5.32 Å². The van der Waals surface area contributed by atoms with E-state index in [4.69, 9.17) is 0 Å². The summed E-state index contributed by atoms with van der Waals surface area (Å²) < 4.78 is 0. The quantitative estimate of drug-likeness (QED) is 0.829. The van der Waals surface area contributed by atoms with Gasteiger partial charge in [0.15, 0.2) is 0 Å². The van der Waals surface area contributed by atoms with E-state index in [2.05, 4.69) is 5.32 Å². The molecule has 0 saturated carbocycles. The summed E-state index contributed by atoms with van der Waals surface area (Å²) >= 11 is 0. The third kappa shape index (κ3) is 2.80. The fourth-order valence-corrected chi connectivity index (χ4v) is 1.76. The predicted molar refractivity (Wildman–Crippen MR) is 72.6 cm³/mol. The second-order valence-electron chi connectivity index (χ2n) is 4.15. The number of hydrogen-bond acceptors (Lipinski definition) is 3. The molecule has 19 heavy (non-hydrogen) atoms. The zero-order chi connectivity index (χ0) is 13.8. The maximum atomic E-state index is 12.1. The Morgan fingerprint density at radius 1 is 1.21 bits per heavy atom. The Balaban J connectivity index is 2.25. The Morgan fingerprint density at radius 2 is 1.95 bits per heavy atom. The summed E-state index contributed by atoms with van der Waals surface area (Å²) in [6, 6.07) is 11.4. The summed E-state index contributed by atoms with van der Waals surface area (Å²) in [5.74, 6) is -0.245. The minimum absolute atomic E-state index is 0.0780. The third-order valence-corrected chi connectivity index (χ3v) is 2.83. The van der Waals surface area contributed by atoms with Crippen molar-refractivity contribution < 1.29 is 14.7 Å². The van der Waals surface area contributed by atoms with Crippen LogP contribution in [0.4, 0.5) is 5.69 Å². The third-order valence-electron chi connectivity index (χ3n) is 2.83. The highest BCUT2D eigenvalue weighted by atomic mass is 16.3. The van der Waals surface area contributed by atoms with E-state index in [-0.39, 0.29) is 11.7 Å². The molecule has 1 amide bonds. The van der Waals surface area contributed by atoms with E-state index in [1.807, 2.05) is 0 Å². The molecule has 2 aromatic rings. The summed E-state index contributed by atoms with van der Waals surface area (Å²) in [5, 5.41) is 12.3. The minimum Gasteiger partial charge on any atom is -0.508 e. The highest BCUT2D eigenvalue weighted by Crippen LogP contribution is 2.20. The SMILES string of the molecule is Cc1c(O)cccc1C(=O)Nc1cccc(C=O)c1. The predicted octanol–water partition coefficient (Wildman–Crippen LogP) is 2.77. The smallest absolute Gasteiger partial charge is 0.256 e. The van der Waals surface area contributed by atoms with Gasteiger partial charge in [0, 0.05) is 22.4 Å². The van der Waals surface area contributed by atoms with Gasteiger partial charge in [-0.25, -0.2) is 0 Å². The number of hydrogen-bond donors (Lipinski definition) is 2. The number of phenolic OH excluding ortho intramolecular Hbond substituents is 1. The first-order valence-corrected chi connectivity index (χ1v) is 5.77. The van der Waals surface area contributed by atoms with Crippen LogP contribution in [0.3, 0.4) is 0 Å². The average Bonchev–Trinajstić information content (AvgIpc) is 2.42. The first kappa shape index (κ1) is 12.8. The topological polar surface area (TPSA) is 66.4 Å². The Hall–Kier alpha value is -2.62. The summed E-state index contributed by atoms with van der Waals surface area (Å²) in [6.45, 7) is 1.67. The van der Waals surface area contributed by atoms with Crippen molar-refractivity contribution in [3.8, 4) is 5.75 Å². The van der Waals surface area contributed by atoms with Crippen molar-refractivity contribution in [1.29, 1.82) is 0 Å². The molecule has 0 aliphatic rings. The van der Waals surface area contributed by atoms with Crippen LogP contribution >= 0.6 is 0 Å². The molecular weight excluding hydrogens is 242 g/mol. The van der Waals surface area contributed by atoms with Crippen LogP contribution in [-0.2, 0) is 0 Å². The maximum Gasteiger partial charge on any atom is 0.256 e.